The van der Waals surface area contributed by atoms with Gasteiger partial charge < -0.3 is 20.2 Å². The minimum absolute atomic E-state index is 0.134. The molecule has 3 N–H and O–H groups in total. The molecule has 2 aromatic heterocycles. The SMILES string of the molecule is COc1cc(N)c(Cl)cc1C(=O)O[C@@H](C)c1nc2sc(C)c(C)c2c(=O)[nH]1. The van der Waals surface area contributed by atoms with Gasteiger partial charge in [0.05, 0.1) is 23.2 Å². The number of halogens is 1. The number of rotatable bonds is 4. The van der Waals surface area contributed by atoms with E-state index in [1.54, 1.807) is 6.92 Å². The highest BCUT2D eigenvalue weighted by Gasteiger charge is 2.22. The molecule has 0 unspecified atom stereocenters. The van der Waals surface area contributed by atoms with E-state index in [9.17, 15) is 9.59 Å². The molecule has 0 aliphatic heterocycles. The number of nitrogen functional groups attached to an aromatic ring is 1. The highest BCUT2D eigenvalue weighted by molar-refractivity contribution is 7.18. The predicted molar refractivity (Wildman–Crippen MR) is 106 cm³/mol. The summed E-state index contributed by atoms with van der Waals surface area (Å²) in [6.45, 7) is 5.44. The molecule has 0 bridgehead atoms. The molecule has 0 aliphatic carbocycles. The predicted octanol–water partition coefficient (Wildman–Crippen LogP) is 3.76. The van der Waals surface area contributed by atoms with Crippen molar-refractivity contribution in [1.82, 2.24) is 9.97 Å². The van der Waals surface area contributed by atoms with Gasteiger partial charge in [0.1, 0.15) is 16.1 Å². The standard InChI is InChI=1S/C18H18ClN3O4S/c1-7-9(3)27-17-14(7)16(23)21-15(22-17)8(2)26-18(24)10-5-11(19)12(20)6-13(10)25-4/h5-6,8H,20H2,1-4H3,(H,21,22,23)/t8-/m0/s1. The molecular formula is C18H18ClN3O4S. The number of esters is 1. The summed E-state index contributed by atoms with van der Waals surface area (Å²) in [6.07, 6.45) is -0.779. The molecule has 7 nitrogen and oxygen atoms in total. The van der Waals surface area contributed by atoms with Crippen LogP contribution in [0.2, 0.25) is 5.02 Å². The molecule has 2 heterocycles. The van der Waals surface area contributed by atoms with E-state index < -0.39 is 12.1 Å². The number of hydrogen-bond acceptors (Lipinski definition) is 7. The Balaban J connectivity index is 1.93. The van der Waals surface area contributed by atoms with Crippen molar-refractivity contribution in [3.05, 3.63) is 49.3 Å². The first-order valence-corrected chi connectivity index (χ1v) is 9.26. The van der Waals surface area contributed by atoms with Crippen LogP contribution >= 0.6 is 22.9 Å². The van der Waals surface area contributed by atoms with Crippen molar-refractivity contribution in [2.24, 2.45) is 0 Å². The smallest absolute Gasteiger partial charge is 0.342 e. The Kier molecular flexibility index (Phi) is 5.12. The summed E-state index contributed by atoms with van der Waals surface area (Å²) in [4.78, 5) is 33.7. The summed E-state index contributed by atoms with van der Waals surface area (Å²) in [6, 6.07) is 2.84. The van der Waals surface area contributed by atoms with Gasteiger partial charge >= 0.3 is 5.97 Å². The van der Waals surface area contributed by atoms with Gasteiger partial charge in [0.2, 0.25) is 0 Å². The maximum absolute atomic E-state index is 12.6. The van der Waals surface area contributed by atoms with Gasteiger partial charge in [-0.2, -0.15) is 0 Å². The van der Waals surface area contributed by atoms with Crippen molar-refractivity contribution in [3.63, 3.8) is 0 Å². The zero-order valence-electron chi connectivity index (χ0n) is 15.2. The Bertz CT molecular complexity index is 1110. The first kappa shape index (κ1) is 19.2. The lowest BCUT2D eigenvalue weighted by Gasteiger charge is -2.15. The quantitative estimate of drug-likeness (QED) is 0.503. The number of aromatic amines is 1. The number of fused-ring (bicyclic) bond motifs is 1. The number of methoxy groups -OCH3 is 1. The fraction of sp³-hybridized carbons (Fsp3) is 0.278. The molecule has 1 aromatic carbocycles. The third kappa shape index (κ3) is 3.50. The lowest BCUT2D eigenvalue weighted by Crippen LogP contribution is -2.17. The van der Waals surface area contributed by atoms with Gasteiger partial charge in [-0.3, -0.25) is 4.79 Å². The van der Waals surface area contributed by atoms with Crippen LogP contribution in [0.5, 0.6) is 5.75 Å². The summed E-state index contributed by atoms with van der Waals surface area (Å²) in [5.41, 5.74) is 6.80. The van der Waals surface area contributed by atoms with Crippen molar-refractivity contribution in [1.29, 1.82) is 0 Å². The Labute approximate surface area is 164 Å². The van der Waals surface area contributed by atoms with E-state index in [-0.39, 0.29) is 33.4 Å². The van der Waals surface area contributed by atoms with Crippen molar-refractivity contribution < 1.29 is 14.3 Å². The number of hydrogen-bond donors (Lipinski definition) is 2. The lowest BCUT2D eigenvalue weighted by molar-refractivity contribution is 0.0316. The second-order valence-corrected chi connectivity index (χ2v) is 7.65. The number of nitrogens with two attached hydrogens (primary N) is 1. The highest BCUT2D eigenvalue weighted by Crippen LogP contribution is 2.31. The van der Waals surface area contributed by atoms with E-state index >= 15 is 0 Å². The number of aromatic nitrogens is 2. The summed E-state index contributed by atoms with van der Waals surface area (Å²) in [7, 11) is 1.41. The molecule has 1 atom stereocenters. The molecule has 9 heteroatoms. The van der Waals surface area contributed by atoms with Gasteiger partial charge in [0, 0.05) is 10.9 Å². The van der Waals surface area contributed by atoms with Crippen LogP contribution in [0.15, 0.2) is 16.9 Å². The van der Waals surface area contributed by atoms with Crippen LogP contribution in [0.25, 0.3) is 10.2 Å². The normalized spacial score (nSPS) is 12.2. The van der Waals surface area contributed by atoms with Gasteiger partial charge in [0.15, 0.2) is 11.9 Å². The number of carbonyl (C=O) groups is 1. The van der Waals surface area contributed by atoms with E-state index in [0.717, 1.165) is 10.4 Å². The van der Waals surface area contributed by atoms with Gasteiger partial charge in [-0.05, 0) is 32.4 Å². The second-order valence-electron chi connectivity index (χ2n) is 6.04. The third-order valence-electron chi connectivity index (χ3n) is 4.26. The number of carbonyl (C=O) groups excluding carboxylic acids is 1. The molecule has 3 rings (SSSR count). The van der Waals surface area contributed by atoms with E-state index in [2.05, 4.69) is 9.97 Å². The number of thiophene rings is 1. The van der Waals surface area contributed by atoms with Crippen LogP contribution in [-0.4, -0.2) is 23.0 Å². The third-order valence-corrected chi connectivity index (χ3v) is 5.69. The highest BCUT2D eigenvalue weighted by atomic mass is 35.5. The minimum Gasteiger partial charge on any atom is -0.496 e. The van der Waals surface area contributed by atoms with Crippen molar-refractivity contribution in [3.8, 4) is 5.75 Å². The van der Waals surface area contributed by atoms with Crippen LogP contribution in [0.4, 0.5) is 5.69 Å². The molecule has 0 saturated heterocycles. The average molecular weight is 408 g/mol. The first-order valence-electron chi connectivity index (χ1n) is 8.06. The fourth-order valence-electron chi connectivity index (χ4n) is 2.64. The molecular weight excluding hydrogens is 390 g/mol. The van der Waals surface area contributed by atoms with E-state index in [1.807, 2.05) is 13.8 Å². The van der Waals surface area contributed by atoms with Gasteiger partial charge in [0.25, 0.3) is 5.56 Å². The molecule has 0 spiro atoms. The number of benzene rings is 1. The van der Waals surface area contributed by atoms with Crippen LogP contribution in [-0.2, 0) is 4.74 Å². The number of aryl methyl sites for hydroxylation is 2. The molecule has 0 fully saturated rings. The topological polar surface area (TPSA) is 107 Å². The number of H-pyrrole nitrogens is 1. The van der Waals surface area contributed by atoms with Gasteiger partial charge in [-0.25, -0.2) is 9.78 Å². The molecule has 3 aromatic rings. The molecule has 0 amide bonds. The molecule has 0 saturated carbocycles. The average Bonchev–Trinajstić information content (AvgIpc) is 2.91. The summed E-state index contributed by atoms with van der Waals surface area (Å²) >= 11 is 7.42. The van der Waals surface area contributed by atoms with Crippen molar-refractivity contribution in [2.45, 2.75) is 26.9 Å². The Hall–Kier alpha value is -2.58. The maximum atomic E-state index is 12.6. The second kappa shape index (κ2) is 7.21. The maximum Gasteiger partial charge on any atom is 0.342 e. The van der Waals surface area contributed by atoms with Crippen LogP contribution < -0.4 is 16.0 Å². The number of nitrogens with one attached hydrogen (secondary N) is 1. The lowest BCUT2D eigenvalue weighted by atomic mass is 10.2. The number of anilines is 1. The largest absolute Gasteiger partial charge is 0.496 e. The summed E-state index contributed by atoms with van der Waals surface area (Å²) in [5.74, 6) is -0.152. The van der Waals surface area contributed by atoms with Crippen molar-refractivity contribution >= 4 is 44.8 Å². The van der Waals surface area contributed by atoms with E-state index in [1.165, 1.54) is 30.6 Å². The molecule has 27 heavy (non-hydrogen) atoms. The molecule has 142 valence electrons. The zero-order chi connectivity index (χ0) is 19.9. The summed E-state index contributed by atoms with van der Waals surface area (Å²) in [5, 5.41) is 0.777. The van der Waals surface area contributed by atoms with Crippen LogP contribution in [0.3, 0.4) is 0 Å². The van der Waals surface area contributed by atoms with Crippen LogP contribution in [0, 0.1) is 13.8 Å². The van der Waals surface area contributed by atoms with Gasteiger partial charge in [-0.1, -0.05) is 11.6 Å². The first-order chi connectivity index (χ1) is 12.7. The van der Waals surface area contributed by atoms with E-state index in [0.29, 0.717) is 10.2 Å². The van der Waals surface area contributed by atoms with Crippen LogP contribution in [0.1, 0.15) is 39.7 Å². The summed E-state index contributed by atoms with van der Waals surface area (Å²) < 4.78 is 10.6. The minimum atomic E-state index is -0.779. The number of nitrogens with zero attached hydrogens (tertiary/aromatic N) is 1. The monoisotopic (exact) mass is 407 g/mol. The Morgan fingerprint density at radius 2 is 2.07 bits per heavy atom. The van der Waals surface area contributed by atoms with E-state index in [4.69, 9.17) is 26.8 Å². The molecule has 0 radical (unpaired) electrons. The fourth-order valence-corrected chi connectivity index (χ4v) is 3.84. The van der Waals surface area contributed by atoms with Crippen molar-refractivity contribution in [2.75, 3.05) is 12.8 Å². The Morgan fingerprint density at radius 3 is 2.74 bits per heavy atom. The number of ether oxygens (including phenoxy) is 2. The van der Waals surface area contributed by atoms with Gasteiger partial charge in [-0.15, -0.1) is 11.3 Å². The molecule has 0 aliphatic rings. The zero-order valence-corrected chi connectivity index (χ0v) is 16.7. The Morgan fingerprint density at radius 1 is 1.37 bits per heavy atom.